The third-order valence-electron chi connectivity index (χ3n) is 1.65. The van der Waals surface area contributed by atoms with Gasteiger partial charge in [0.05, 0.1) is 13.7 Å². The molecule has 0 radical (unpaired) electrons. The summed E-state index contributed by atoms with van der Waals surface area (Å²) in [4.78, 5) is 0. The molecule has 0 aliphatic rings. The number of methoxy groups -OCH3 is 2. The molecule has 12 heavy (non-hydrogen) atoms. The molecule has 0 aliphatic heterocycles. The molecular formula is C9H13NO2. The zero-order valence-corrected chi connectivity index (χ0v) is 7.33. The fourth-order valence-corrected chi connectivity index (χ4v) is 0.987. The lowest BCUT2D eigenvalue weighted by molar-refractivity contribution is 0.185. The number of anilines is 1. The molecule has 0 amide bonds. The van der Waals surface area contributed by atoms with Crippen LogP contribution in [-0.4, -0.2) is 14.2 Å². The Hall–Kier alpha value is -1.22. The van der Waals surface area contributed by atoms with E-state index in [1.807, 2.05) is 12.1 Å². The summed E-state index contributed by atoms with van der Waals surface area (Å²) in [6.07, 6.45) is 0. The molecule has 0 saturated carbocycles. The first-order valence-corrected chi connectivity index (χ1v) is 3.69. The molecule has 3 nitrogen and oxygen atoms in total. The molecule has 0 spiro atoms. The first-order valence-electron chi connectivity index (χ1n) is 3.69. The normalized spacial score (nSPS) is 9.83. The molecule has 1 rings (SSSR count). The van der Waals surface area contributed by atoms with Gasteiger partial charge in [-0.3, -0.25) is 0 Å². The minimum Gasteiger partial charge on any atom is -0.497 e. The second-order valence-electron chi connectivity index (χ2n) is 2.50. The van der Waals surface area contributed by atoms with Crippen molar-refractivity contribution in [1.82, 2.24) is 0 Å². The predicted molar refractivity (Wildman–Crippen MR) is 48.1 cm³/mol. The lowest BCUT2D eigenvalue weighted by Crippen LogP contribution is -1.96. The topological polar surface area (TPSA) is 44.5 Å². The molecule has 3 heteroatoms. The van der Waals surface area contributed by atoms with Crippen molar-refractivity contribution >= 4 is 5.69 Å². The van der Waals surface area contributed by atoms with Gasteiger partial charge in [0.2, 0.25) is 0 Å². The molecule has 0 saturated heterocycles. The van der Waals surface area contributed by atoms with Crippen LogP contribution in [-0.2, 0) is 11.3 Å². The Morgan fingerprint density at radius 3 is 2.58 bits per heavy atom. The Morgan fingerprint density at radius 1 is 1.33 bits per heavy atom. The largest absolute Gasteiger partial charge is 0.497 e. The van der Waals surface area contributed by atoms with Gasteiger partial charge in [-0.25, -0.2) is 0 Å². The van der Waals surface area contributed by atoms with Gasteiger partial charge in [0.1, 0.15) is 5.75 Å². The van der Waals surface area contributed by atoms with E-state index in [-0.39, 0.29) is 0 Å². The molecule has 1 aromatic carbocycles. The van der Waals surface area contributed by atoms with Gasteiger partial charge in [-0.05, 0) is 6.07 Å². The summed E-state index contributed by atoms with van der Waals surface area (Å²) in [6, 6.07) is 5.55. The van der Waals surface area contributed by atoms with Crippen molar-refractivity contribution in [2.24, 2.45) is 0 Å². The second kappa shape index (κ2) is 3.97. The van der Waals surface area contributed by atoms with Crippen molar-refractivity contribution in [3.8, 4) is 5.75 Å². The van der Waals surface area contributed by atoms with Gasteiger partial charge < -0.3 is 15.2 Å². The fourth-order valence-electron chi connectivity index (χ4n) is 0.987. The number of nitrogens with two attached hydrogens (primary N) is 1. The van der Waals surface area contributed by atoms with Gasteiger partial charge in [0, 0.05) is 24.4 Å². The summed E-state index contributed by atoms with van der Waals surface area (Å²) in [6.45, 7) is 0.538. The molecule has 0 aliphatic carbocycles. The zero-order chi connectivity index (χ0) is 8.97. The van der Waals surface area contributed by atoms with Gasteiger partial charge in [0.15, 0.2) is 0 Å². The van der Waals surface area contributed by atoms with Crippen LogP contribution in [0.1, 0.15) is 5.56 Å². The lowest BCUT2D eigenvalue weighted by Gasteiger charge is -2.06. The van der Waals surface area contributed by atoms with Gasteiger partial charge in [-0.2, -0.15) is 0 Å². The van der Waals surface area contributed by atoms with Gasteiger partial charge in [0.25, 0.3) is 0 Å². The molecule has 0 unspecified atom stereocenters. The van der Waals surface area contributed by atoms with Crippen molar-refractivity contribution in [3.05, 3.63) is 23.8 Å². The first kappa shape index (κ1) is 8.87. The average Bonchev–Trinajstić information content (AvgIpc) is 2.09. The summed E-state index contributed by atoms with van der Waals surface area (Å²) >= 11 is 0. The van der Waals surface area contributed by atoms with Crippen LogP contribution in [0.3, 0.4) is 0 Å². The van der Waals surface area contributed by atoms with E-state index in [2.05, 4.69) is 0 Å². The van der Waals surface area contributed by atoms with E-state index >= 15 is 0 Å². The van der Waals surface area contributed by atoms with Gasteiger partial charge in [-0.15, -0.1) is 0 Å². The molecule has 2 N–H and O–H groups in total. The van der Waals surface area contributed by atoms with E-state index in [0.717, 1.165) is 11.3 Å². The van der Waals surface area contributed by atoms with E-state index in [1.165, 1.54) is 0 Å². The highest BCUT2D eigenvalue weighted by Crippen LogP contribution is 2.19. The number of benzene rings is 1. The Labute approximate surface area is 72.1 Å². The van der Waals surface area contributed by atoms with Crippen LogP contribution >= 0.6 is 0 Å². The predicted octanol–water partition coefficient (Wildman–Crippen LogP) is 1.42. The summed E-state index contributed by atoms with van der Waals surface area (Å²) < 4.78 is 9.97. The minimum absolute atomic E-state index is 0.538. The smallest absolute Gasteiger partial charge is 0.120 e. The molecule has 0 atom stereocenters. The van der Waals surface area contributed by atoms with Crippen LogP contribution in [0.25, 0.3) is 0 Å². The molecule has 0 aromatic heterocycles. The molecule has 1 aromatic rings. The fraction of sp³-hybridized carbons (Fsp3) is 0.333. The van der Waals surface area contributed by atoms with Crippen LogP contribution in [0.15, 0.2) is 18.2 Å². The van der Waals surface area contributed by atoms with E-state index < -0.39 is 0 Å². The number of ether oxygens (including phenoxy) is 2. The summed E-state index contributed by atoms with van der Waals surface area (Å²) in [5.74, 6) is 0.771. The molecule has 0 heterocycles. The Bertz CT molecular complexity index is 261. The quantitative estimate of drug-likeness (QED) is 0.692. The maximum atomic E-state index is 5.72. The number of nitrogen functional groups attached to an aromatic ring is 1. The SMILES string of the molecule is COCc1ccc(OC)cc1N. The van der Waals surface area contributed by atoms with Crippen molar-refractivity contribution in [1.29, 1.82) is 0 Å². The van der Waals surface area contributed by atoms with E-state index in [0.29, 0.717) is 12.3 Å². The highest BCUT2D eigenvalue weighted by Gasteiger charge is 1.99. The van der Waals surface area contributed by atoms with Crippen LogP contribution in [0.5, 0.6) is 5.75 Å². The van der Waals surface area contributed by atoms with Crippen molar-refractivity contribution in [2.75, 3.05) is 20.0 Å². The molecule has 0 fully saturated rings. The van der Waals surface area contributed by atoms with E-state index in [4.69, 9.17) is 15.2 Å². The third kappa shape index (κ3) is 1.89. The van der Waals surface area contributed by atoms with Crippen LogP contribution in [0.2, 0.25) is 0 Å². The third-order valence-corrected chi connectivity index (χ3v) is 1.65. The van der Waals surface area contributed by atoms with Gasteiger partial charge >= 0.3 is 0 Å². The molecule has 66 valence electrons. The van der Waals surface area contributed by atoms with E-state index in [1.54, 1.807) is 20.3 Å². The second-order valence-corrected chi connectivity index (χ2v) is 2.50. The van der Waals surface area contributed by atoms with Crippen molar-refractivity contribution < 1.29 is 9.47 Å². The van der Waals surface area contributed by atoms with Crippen molar-refractivity contribution in [2.45, 2.75) is 6.61 Å². The summed E-state index contributed by atoms with van der Waals surface area (Å²) in [5.41, 5.74) is 7.41. The monoisotopic (exact) mass is 167 g/mol. The average molecular weight is 167 g/mol. The van der Waals surface area contributed by atoms with E-state index in [9.17, 15) is 0 Å². The minimum atomic E-state index is 0.538. The van der Waals surface area contributed by atoms with Crippen molar-refractivity contribution in [3.63, 3.8) is 0 Å². The number of rotatable bonds is 3. The Balaban J connectivity index is 2.87. The number of hydrogen-bond donors (Lipinski definition) is 1. The Morgan fingerprint density at radius 2 is 2.08 bits per heavy atom. The molecular weight excluding hydrogens is 154 g/mol. The lowest BCUT2D eigenvalue weighted by atomic mass is 10.2. The number of hydrogen-bond acceptors (Lipinski definition) is 3. The standard InChI is InChI=1S/C9H13NO2/c1-11-6-7-3-4-8(12-2)5-9(7)10/h3-5H,6,10H2,1-2H3. The van der Waals surface area contributed by atoms with Crippen LogP contribution in [0.4, 0.5) is 5.69 Å². The maximum absolute atomic E-state index is 5.72. The highest BCUT2D eigenvalue weighted by molar-refractivity contribution is 5.51. The van der Waals surface area contributed by atoms with Crippen LogP contribution in [0, 0.1) is 0 Å². The zero-order valence-electron chi connectivity index (χ0n) is 7.33. The molecule has 0 bridgehead atoms. The summed E-state index contributed by atoms with van der Waals surface area (Å²) in [5, 5.41) is 0. The summed E-state index contributed by atoms with van der Waals surface area (Å²) in [7, 11) is 3.26. The first-order chi connectivity index (χ1) is 5.77. The Kier molecular flexibility index (Phi) is 2.94. The maximum Gasteiger partial charge on any atom is 0.120 e. The van der Waals surface area contributed by atoms with Crippen LogP contribution < -0.4 is 10.5 Å². The highest BCUT2D eigenvalue weighted by atomic mass is 16.5. The van der Waals surface area contributed by atoms with Gasteiger partial charge in [-0.1, -0.05) is 6.07 Å².